The van der Waals surface area contributed by atoms with Gasteiger partial charge in [0.15, 0.2) is 5.92 Å². The zero-order valence-corrected chi connectivity index (χ0v) is 17.9. The number of hydrogen-bond donors (Lipinski definition) is 2. The van der Waals surface area contributed by atoms with Crippen LogP contribution in [0.5, 0.6) is 0 Å². The molecule has 0 aromatic heterocycles. The Bertz CT molecular complexity index is 917. The lowest BCUT2D eigenvalue weighted by atomic mass is 9.96. The molecule has 9 heteroatoms. The van der Waals surface area contributed by atoms with Crippen LogP contribution >= 0.6 is 23.2 Å². The van der Waals surface area contributed by atoms with Crippen molar-refractivity contribution in [2.45, 2.75) is 18.9 Å². The van der Waals surface area contributed by atoms with E-state index in [0.717, 1.165) is 0 Å². The molecule has 0 aliphatic carbocycles. The Kier molecular flexibility index (Phi) is 8.65. The standard InChI is InChI=1S/C21H21Cl2NO6/c1-29-20(27)15(21(28)30-2)9-12-4-3-5-13(8-12)10-18(25)19(26)24-17-7-6-14(22)11-16(17)23/h3-8,11,15,18,25H,9-10H2,1-2H3,(H,24,26). The second-order valence-electron chi connectivity index (χ2n) is 6.46. The quantitative estimate of drug-likeness (QED) is 0.470. The fraction of sp³-hybridized carbons (Fsp3) is 0.286. The molecule has 2 N–H and O–H groups in total. The molecule has 160 valence electrons. The van der Waals surface area contributed by atoms with Gasteiger partial charge in [0.25, 0.3) is 5.91 Å². The third-order valence-electron chi connectivity index (χ3n) is 4.32. The molecule has 30 heavy (non-hydrogen) atoms. The molecule has 2 rings (SSSR count). The SMILES string of the molecule is COC(=O)C(Cc1cccc(CC(O)C(=O)Nc2ccc(Cl)cc2Cl)c1)C(=O)OC. The molecule has 1 unspecified atom stereocenters. The predicted octanol–water partition coefficient (Wildman–Crippen LogP) is 3.04. The van der Waals surface area contributed by atoms with Crippen LogP contribution in [-0.2, 0) is 36.7 Å². The molecule has 2 aromatic rings. The predicted molar refractivity (Wildman–Crippen MR) is 112 cm³/mol. The molecule has 0 aliphatic rings. The second kappa shape index (κ2) is 11.0. The summed E-state index contributed by atoms with van der Waals surface area (Å²) in [7, 11) is 2.38. The van der Waals surface area contributed by atoms with Crippen molar-refractivity contribution in [1.29, 1.82) is 0 Å². The summed E-state index contributed by atoms with van der Waals surface area (Å²) < 4.78 is 9.31. The largest absolute Gasteiger partial charge is 0.468 e. The monoisotopic (exact) mass is 453 g/mol. The molecule has 1 atom stereocenters. The van der Waals surface area contributed by atoms with Gasteiger partial charge in [-0.05, 0) is 35.7 Å². The van der Waals surface area contributed by atoms with Crippen LogP contribution < -0.4 is 5.32 Å². The second-order valence-corrected chi connectivity index (χ2v) is 7.30. The maximum Gasteiger partial charge on any atom is 0.320 e. The molecule has 0 spiro atoms. The molecule has 0 aliphatic heterocycles. The van der Waals surface area contributed by atoms with Crippen molar-refractivity contribution in [2.75, 3.05) is 19.5 Å². The maximum atomic E-state index is 12.3. The maximum absolute atomic E-state index is 12.3. The van der Waals surface area contributed by atoms with Crippen molar-refractivity contribution >= 4 is 46.7 Å². The number of aliphatic hydroxyl groups excluding tert-OH is 1. The smallest absolute Gasteiger partial charge is 0.320 e. The highest BCUT2D eigenvalue weighted by atomic mass is 35.5. The highest BCUT2D eigenvalue weighted by molar-refractivity contribution is 6.36. The average molecular weight is 454 g/mol. The molecule has 0 saturated carbocycles. The summed E-state index contributed by atoms with van der Waals surface area (Å²) in [6.07, 6.45) is -1.26. The number of amides is 1. The molecular weight excluding hydrogens is 433 g/mol. The fourth-order valence-electron chi connectivity index (χ4n) is 2.79. The van der Waals surface area contributed by atoms with Crippen LogP contribution in [0.3, 0.4) is 0 Å². The lowest BCUT2D eigenvalue weighted by Gasteiger charge is -2.15. The zero-order chi connectivity index (χ0) is 22.3. The average Bonchev–Trinajstić information content (AvgIpc) is 2.73. The molecule has 0 bridgehead atoms. The first-order chi connectivity index (χ1) is 14.2. The number of anilines is 1. The van der Waals surface area contributed by atoms with Gasteiger partial charge in [-0.2, -0.15) is 0 Å². The normalized spacial score (nSPS) is 11.7. The van der Waals surface area contributed by atoms with Crippen LogP contribution in [0, 0.1) is 5.92 Å². The van der Waals surface area contributed by atoms with E-state index in [0.29, 0.717) is 21.8 Å². The molecule has 0 radical (unpaired) electrons. The Morgan fingerprint density at radius 2 is 1.57 bits per heavy atom. The van der Waals surface area contributed by atoms with Gasteiger partial charge in [0.1, 0.15) is 6.10 Å². The van der Waals surface area contributed by atoms with E-state index in [9.17, 15) is 19.5 Å². The highest BCUT2D eigenvalue weighted by Crippen LogP contribution is 2.25. The first kappa shape index (κ1) is 23.7. The zero-order valence-electron chi connectivity index (χ0n) is 16.4. The molecular formula is C21H21Cl2NO6. The Morgan fingerprint density at radius 1 is 0.967 bits per heavy atom. The summed E-state index contributed by atoms with van der Waals surface area (Å²) in [5.41, 5.74) is 1.63. The van der Waals surface area contributed by atoms with Crippen LogP contribution in [0.1, 0.15) is 11.1 Å². The number of rotatable bonds is 8. The van der Waals surface area contributed by atoms with Crippen molar-refractivity contribution in [3.63, 3.8) is 0 Å². The number of esters is 2. The summed E-state index contributed by atoms with van der Waals surface area (Å²) in [6.45, 7) is 0. The van der Waals surface area contributed by atoms with Gasteiger partial charge in [0.2, 0.25) is 0 Å². The Balaban J connectivity index is 2.07. The number of hydrogen-bond acceptors (Lipinski definition) is 6. The molecule has 0 heterocycles. The molecule has 1 amide bonds. The van der Waals surface area contributed by atoms with Crippen molar-refractivity contribution in [2.24, 2.45) is 5.92 Å². The first-order valence-electron chi connectivity index (χ1n) is 8.92. The van der Waals surface area contributed by atoms with E-state index in [4.69, 9.17) is 23.2 Å². The minimum absolute atomic E-state index is 0.0198. The van der Waals surface area contributed by atoms with E-state index in [1.807, 2.05) is 0 Å². The van der Waals surface area contributed by atoms with Crippen molar-refractivity contribution < 1.29 is 29.0 Å². The minimum Gasteiger partial charge on any atom is -0.468 e. The van der Waals surface area contributed by atoms with Crippen LogP contribution in [-0.4, -0.2) is 43.3 Å². The number of benzene rings is 2. The van der Waals surface area contributed by atoms with E-state index in [-0.39, 0.29) is 17.9 Å². The highest BCUT2D eigenvalue weighted by Gasteiger charge is 2.29. The van der Waals surface area contributed by atoms with Gasteiger partial charge < -0.3 is 19.9 Å². The minimum atomic E-state index is -1.34. The van der Waals surface area contributed by atoms with Gasteiger partial charge in [-0.15, -0.1) is 0 Å². The summed E-state index contributed by atoms with van der Waals surface area (Å²) in [5, 5.41) is 13.5. The number of nitrogens with one attached hydrogen (secondary N) is 1. The fourth-order valence-corrected chi connectivity index (χ4v) is 3.25. The van der Waals surface area contributed by atoms with E-state index < -0.39 is 29.9 Å². The topological polar surface area (TPSA) is 102 Å². The van der Waals surface area contributed by atoms with Crippen LogP contribution in [0.4, 0.5) is 5.69 Å². The molecule has 2 aromatic carbocycles. The van der Waals surface area contributed by atoms with Gasteiger partial charge in [0.05, 0.1) is 24.9 Å². The Hall–Kier alpha value is -2.61. The Labute approximate surface area is 183 Å². The van der Waals surface area contributed by atoms with E-state index in [2.05, 4.69) is 14.8 Å². The summed E-state index contributed by atoms with van der Waals surface area (Å²) in [5.74, 6) is -3.14. The number of carbonyl (C=O) groups is 3. The molecule has 7 nitrogen and oxygen atoms in total. The molecule has 0 fully saturated rings. The van der Waals surface area contributed by atoms with Crippen LogP contribution in [0.2, 0.25) is 10.0 Å². The third-order valence-corrected chi connectivity index (χ3v) is 4.87. The van der Waals surface area contributed by atoms with Gasteiger partial charge in [-0.25, -0.2) is 0 Å². The van der Waals surface area contributed by atoms with Gasteiger partial charge in [-0.3, -0.25) is 14.4 Å². The van der Waals surface area contributed by atoms with E-state index in [1.54, 1.807) is 30.3 Å². The summed E-state index contributed by atoms with van der Waals surface area (Å²) >= 11 is 11.9. The number of aliphatic hydroxyl groups is 1. The van der Waals surface area contributed by atoms with Crippen LogP contribution in [0.15, 0.2) is 42.5 Å². The first-order valence-corrected chi connectivity index (χ1v) is 9.68. The van der Waals surface area contributed by atoms with Crippen molar-refractivity contribution in [3.05, 3.63) is 63.6 Å². The number of carbonyl (C=O) groups excluding carboxylic acids is 3. The van der Waals surface area contributed by atoms with Gasteiger partial charge in [0, 0.05) is 11.4 Å². The number of halogens is 2. The lowest BCUT2D eigenvalue weighted by Crippen LogP contribution is -2.30. The summed E-state index contributed by atoms with van der Waals surface area (Å²) in [4.78, 5) is 36.0. The van der Waals surface area contributed by atoms with Crippen molar-refractivity contribution in [1.82, 2.24) is 0 Å². The van der Waals surface area contributed by atoms with E-state index in [1.165, 1.54) is 26.4 Å². The third kappa shape index (κ3) is 6.45. The molecule has 0 saturated heterocycles. The summed E-state index contributed by atoms with van der Waals surface area (Å²) in [6, 6.07) is 11.4. The lowest BCUT2D eigenvalue weighted by molar-refractivity contribution is -0.158. The Morgan fingerprint density at radius 3 is 2.13 bits per heavy atom. The van der Waals surface area contributed by atoms with Gasteiger partial charge >= 0.3 is 11.9 Å². The van der Waals surface area contributed by atoms with Gasteiger partial charge in [-0.1, -0.05) is 47.5 Å². The van der Waals surface area contributed by atoms with Crippen LogP contribution in [0.25, 0.3) is 0 Å². The number of ether oxygens (including phenoxy) is 2. The number of methoxy groups -OCH3 is 2. The van der Waals surface area contributed by atoms with E-state index >= 15 is 0 Å². The van der Waals surface area contributed by atoms with Crippen molar-refractivity contribution in [3.8, 4) is 0 Å².